The number of nitrogens with zero attached hydrogens (tertiary/aromatic N) is 4. The average Bonchev–Trinajstić information content (AvgIpc) is 3.23. The summed E-state index contributed by atoms with van der Waals surface area (Å²) in [5, 5.41) is 8.79. The van der Waals surface area contributed by atoms with Crippen LogP contribution in [-0.4, -0.2) is 32.1 Å². The van der Waals surface area contributed by atoms with Gasteiger partial charge in [0.05, 0.1) is 6.04 Å². The number of amides is 1. The van der Waals surface area contributed by atoms with Crippen LogP contribution >= 0.6 is 0 Å². The molecule has 3 heterocycles. The van der Waals surface area contributed by atoms with Crippen molar-refractivity contribution in [3.05, 3.63) is 47.0 Å². The van der Waals surface area contributed by atoms with Crippen LogP contribution < -0.4 is 0 Å². The first-order valence-corrected chi connectivity index (χ1v) is 9.79. The lowest BCUT2D eigenvalue weighted by molar-refractivity contribution is -0.132. The van der Waals surface area contributed by atoms with E-state index < -0.39 is 11.6 Å². The normalized spacial score (nSPS) is 19.8. The minimum absolute atomic E-state index is 0.0261. The smallest absolute Gasteiger partial charge is 0.223 e. The van der Waals surface area contributed by atoms with Crippen molar-refractivity contribution in [2.75, 3.05) is 6.54 Å². The van der Waals surface area contributed by atoms with Crippen molar-refractivity contribution in [2.24, 2.45) is 0 Å². The molecule has 7 heteroatoms. The molecule has 1 unspecified atom stereocenters. The van der Waals surface area contributed by atoms with Crippen LogP contribution in [0.1, 0.15) is 61.8 Å². The Morgan fingerprint density at radius 3 is 2.81 bits per heavy atom. The molecule has 0 bridgehead atoms. The highest BCUT2D eigenvalue weighted by molar-refractivity contribution is 5.77. The van der Waals surface area contributed by atoms with Crippen molar-refractivity contribution in [2.45, 2.75) is 64.0 Å². The fourth-order valence-electron chi connectivity index (χ4n) is 4.18. The second-order valence-electron chi connectivity index (χ2n) is 7.43. The molecule has 0 saturated carbocycles. The molecule has 2 aromatic rings. The highest BCUT2D eigenvalue weighted by Crippen LogP contribution is 2.33. The number of rotatable bonds is 4. The van der Waals surface area contributed by atoms with Gasteiger partial charge in [0.1, 0.15) is 5.82 Å². The molecule has 1 aromatic carbocycles. The van der Waals surface area contributed by atoms with E-state index in [4.69, 9.17) is 0 Å². The maximum absolute atomic E-state index is 13.4. The molecule has 1 atom stereocenters. The number of carbonyl (C=O) groups excluding carboxylic acids is 1. The van der Waals surface area contributed by atoms with Crippen LogP contribution in [0.5, 0.6) is 0 Å². The quantitative estimate of drug-likeness (QED) is 0.822. The third kappa shape index (κ3) is 3.73. The third-order valence-corrected chi connectivity index (χ3v) is 5.62. The lowest BCUT2D eigenvalue weighted by Gasteiger charge is -2.25. The lowest BCUT2D eigenvalue weighted by Crippen LogP contribution is -2.32. The van der Waals surface area contributed by atoms with E-state index in [9.17, 15) is 13.6 Å². The molecule has 1 saturated heterocycles. The van der Waals surface area contributed by atoms with Crippen LogP contribution in [0.4, 0.5) is 8.78 Å². The van der Waals surface area contributed by atoms with Crippen LogP contribution in [0.15, 0.2) is 18.2 Å². The zero-order valence-electron chi connectivity index (χ0n) is 15.3. The number of likely N-dealkylation sites (tertiary alicyclic amines) is 1. The number of aryl methyl sites for hydroxylation is 2. The standard InChI is InChI=1S/C20H24F2N4O/c21-15-9-7-14(13-16(15)22)8-10-19(27)25-12-4-5-17(25)20-24-23-18-6-2-1-3-11-26(18)20/h7,9,13,17H,1-6,8,10-12H2. The number of carbonyl (C=O) groups is 1. The first-order valence-electron chi connectivity index (χ1n) is 9.79. The number of hydrogen-bond donors (Lipinski definition) is 0. The Morgan fingerprint density at radius 1 is 1.07 bits per heavy atom. The zero-order valence-corrected chi connectivity index (χ0v) is 15.3. The molecule has 1 fully saturated rings. The number of benzene rings is 1. The van der Waals surface area contributed by atoms with Gasteiger partial charge < -0.3 is 9.47 Å². The molecule has 0 radical (unpaired) electrons. The monoisotopic (exact) mass is 374 g/mol. The molecular formula is C20H24F2N4O. The van der Waals surface area contributed by atoms with E-state index in [1.165, 1.54) is 18.6 Å². The van der Waals surface area contributed by atoms with Crippen LogP contribution in [0, 0.1) is 11.6 Å². The molecule has 1 amide bonds. The van der Waals surface area contributed by atoms with E-state index in [0.29, 0.717) is 18.5 Å². The Bertz CT molecular complexity index is 835. The summed E-state index contributed by atoms with van der Waals surface area (Å²) in [6.45, 7) is 1.63. The van der Waals surface area contributed by atoms with Gasteiger partial charge in [-0.1, -0.05) is 12.5 Å². The summed E-state index contributed by atoms with van der Waals surface area (Å²) in [6.07, 6.45) is 6.93. The largest absolute Gasteiger partial charge is 0.332 e. The van der Waals surface area contributed by atoms with Crippen molar-refractivity contribution in [1.82, 2.24) is 19.7 Å². The minimum atomic E-state index is -0.870. The van der Waals surface area contributed by atoms with Gasteiger partial charge in [-0.3, -0.25) is 4.79 Å². The van der Waals surface area contributed by atoms with Crippen LogP contribution in [0.2, 0.25) is 0 Å². The summed E-state index contributed by atoms with van der Waals surface area (Å²) in [7, 11) is 0. The van der Waals surface area contributed by atoms with E-state index in [-0.39, 0.29) is 18.4 Å². The summed E-state index contributed by atoms with van der Waals surface area (Å²) in [5.74, 6) is 0.240. The van der Waals surface area contributed by atoms with Crippen LogP contribution in [-0.2, 0) is 24.2 Å². The Hall–Kier alpha value is -2.31. The molecular weight excluding hydrogens is 350 g/mol. The number of aromatic nitrogens is 3. The highest BCUT2D eigenvalue weighted by Gasteiger charge is 2.34. The summed E-state index contributed by atoms with van der Waals surface area (Å²) < 4.78 is 28.6. The van der Waals surface area contributed by atoms with Crippen molar-refractivity contribution in [1.29, 1.82) is 0 Å². The maximum Gasteiger partial charge on any atom is 0.223 e. The van der Waals surface area contributed by atoms with Gasteiger partial charge in [-0.05, 0) is 49.8 Å². The van der Waals surface area contributed by atoms with Crippen LogP contribution in [0.3, 0.4) is 0 Å². The minimum Gasteiger partial charge on any atom is -0.332 e. The second-order valence-corrected chi connectivity index (χ2v) is 7.43. The van der Waals surface area contributed by atoms with Gasteiger partial charge in [0.25, 0.3) is 0 Å². The lowest BCUT2D eigenvalue weighted by atomic mass is 10.1. The maximum atomic E-state index is 13.4. The van der Waals surface area contributed by atoms with Gasteiger partial charge in [-0.25, -0.2) is 8.78 Å². The topological polar surface area (TPSA) is 51.0 Å². The summed E-state index contributed by atoms with van der Waals surface area (Å²) >= 11 is 0. The highest BCUT2D eigenvalue weighted by atomic mass is 19.2. The molecule has 144 valence electrons. The molecule has 27 heavy (non-hydrogen) atoms. The van der Waals surface area contributed by atoms with Crippen molar-refractivity contribution < 1.29 is 13.6 Å². The SMILES string of the molecule is O=C(CCc1ccc(F)c(F)c1)N1CCCC1c1nnc2n1CCCCC2. The molecule has 2 aliphatic rings. The molecule has 5 nitrogen and oxygen atoms in total. The van der Waals surface area contributed by atoms with Crippen molar-refractivity contribution in [3.8, 4) is 0 Å². The van der Waals surface area contributed by atoms with E-state index in [0.717, 1.165) is 56.4 Å². The predicted octanol–water partition coefficient (Wildman–Crippen LogP) is 3.58. The number of fused-ring (bicyclic) bond motifs is 1. The Labute approximate surface area is 157 Å². The molecule has 2 aliphatic heterocycles. The van der Waals surface area contributed by atoms with Gasteiger partial charge in [-0.15, -0.1) is 10.2 Å². The number of hydrogen-bond acceptors (Lipinski definition) is 3. The molecule has 4 rings (SSSR count). The second kappa shape index (κ2) is 7.74. The predicted molar refractivity (Wildman–Crippen MR) is 95.9 cm³/mol. The molecule has 0 N–H and O–H groups in total. The summed E-state index contributed by atoms with van der Waals surface area (Å²) in [5.41, 5.74) is 0.634. The first kappa shape index (κ1) is 18.1. The van der Waals surface area contributed by atoms with Crippen LogP contribution in [0.25, 0.3) is 0 Å². The van der Waals surface area contributed by atoms with E-state index in [1.807, 2.05) is 4.90 Å². The van der Waals surface area contributed by atoms with Crippen molar-refractivity contribution >= 4 is 5.91 Å². The Balaban J connectivity index is 1.45. The first-order chi connectivity index (χ1) is 13.1. The van der Waals surface area contributed by atoms with Gasteiger partial charge >= 0.3 is 0 Å². The molecule has 0 spiro atoms. The summed E-state index contributed by atoms with van der Waals surface area (Å²) in [6, 6.07) is 3.79. The van der Waals surface area contributed by atoms with E-state index in [2.05, 4.69) is 14.8 Å². The molecule has 1 aromatic heterocycles. The van der Waals surface area contributed by atoms with Gasteiger partial charge in [0.2, 0.25) is 5.91 Å². The van der Waals surface area contributed by atoms with E-state index >= 15 is 0 Å². The Kier molecular flexibility index (Phi) is 5.18. The van der Waals surface area contributed by atoms with Gasteiger partial charge in [0.15, 0.2) is 17.5 Å². The molecule has 0 aliphatic carbocycles. The fraction of sp³-hybridized carbons (Fsp3) is 0.550. The van der Waals surface area contributed by atoms with E-state index in [1.54, 1.807) is 0 Å². The zero-order chi connectivity index (χ0) is 18.8. The third-order valence-electron chi connectivity index (χ3n) is 5.62. The van der Waals surface area contributed by atoms with Gasteiger partial charge in [-0.2, -0.15) is 0 Å². The summed E-state index contributed by atoms with van der Waals surface area (Å²) in [4.78, 5) is 14.7. The van der Waals surface area contributed by atoms with Gasteiger partial charge in [0, 0.05) is 25.9 Å². The number of halogens is 2. The Morgan fingerprint density at radius 2 is 1.96 bits per heavy atom. The van der Waals surface area contributed by atoms with Crippen molar-refractivity contribution in [3.63, 3.8) is 0 Å². The average molecular weight is 374 g/mol. The fourth-order valence-corrected chi connectivity index (χ4v) is 4.18.